The molecule has 0 N–H and O–H groups in total. The highest BCUT2D eigenvalue weighted by Crippen LogP contribution is 2.27. The van der Waals surface area contributed by atoms with Gasteiger partial charge >= 0.3 is 8.80 Å². The Hall–Kier alpha value is 0.0569. The molecule has 3 unspecified atom stereocenters. The molecule has 0 aliphatic carbocycles. The number of hydrogen-bond donors (Lipinski definition) is 0. The van der Waals surface area contributed by atoms with E-state index in [1.165, 1.54) is 25.9 Å². The van der Waals surface area contributed by atoms with Gasteiger partial charge in [-0.15, -0.1) is 0 Å². The van der Waals surface area contributed by atoms with Crippen molar-refractivity contribution in [2.24, 2.45) is 0 Å². The molecule has 1 heterocycles. The second-order valence-corrected chi connectivity index (χ2v) is 10.0. The lowest BCUT2D eigenvalue weighted by Crippen LogP contribution is -2.63. The van der Waals surface area contributed by atoms with Crippen molar-refractivity contribution in [2.75, 3.05) is 26.3 Å². The predicted octanol–water partition coefficient (Wildman–Crippen LogP) is 4.15. The molecule has 0 aromatic rings. The Labute approximate surface area is 145 Å². The second-order valence-electron chi connectivity index (χ2n) is 7.63. The molecule has 1 rings (SSSR count). The average molecular weight is 347 g/mol. The van der Waals surface area contributed by atoms with Gasteiger partial charge in [-0.25, -0.2) is 0 Å². The number of likely N-dealkylation sites (tertiary alicyclic amines) is 1. The van der Waals surface area contributed by atoms with E-state index < -0.39 is 8.80 Å². The van der Waals surface area contributed by atoms with Gasteiger partial charge in [-0.1, -0.05) is 20.8 Å². The highest BCUT2D eigenvalue weighted by atomic mass is 28.4. The van der Waals surface area contributed by atoms with Gasteiger partial charge in [-0.3, -0.25) is 0 Å². The molecule has 1 fully saturated rings. The van der Waals surface area contributed by atoms with Gasteiger partial charge in [0.1, 0.15) is 6.17 Å². The lowest BCUT2D eigenvalue weighted by atomic mass is 10.3. The van der Waals surface area contributed by atoms with Crippen LogP contribution >= 0.6 is 0 Å². The van der Waals surface area contributed by atoms with Crippen LogP contribution in [0.3, 0.4) is 0 Å². The van der Waals surface area contributed by atoms with Gasteiger partial charge in [-0.05, 0) is 40.0 Å². The summed E-state index contributed by atoms with van der Waals surface area (Å²) in [6.07, 6.45) is 7.04. The first-order chi connectivity index (χ1) is 10.8. The summed E-state index contributed by atoms with van der Waals surface area (Å²) in [6.45, 7) is 15.4. The molecule has 1 aliphatic heterocycles. The normalized spacial score (nSPS) is 24.1. The maximum absolute atomic E-state index is 6.54. The van der Waals surface area contributed by atoms with Gasteiger partial charge in [0.15, 0.2) is 0 Å². The summed E-state index contributed by atoms with van der Waals surface area (Å²) in [7, 11) is -0.371. The third kappa shape index (κ3) is 6.82. The van der Waals surface area contributed by atoms with Crippen molar-refractivity contribution in [3.05, 3.63) is 0 Å². The SMILES string of the molecule is CCC(C)O[Si](C[N+]1(C)CCCC1)(OC(C)CC)OC(C)CC. The zero-order chi connectivity index (χ0) is 17.5. The molecular formula is C18H40NO3Si+. The number of quaternary nitrogens is 1. The lowest BCUT2D eigenvalue weighted by molar-refractivity contribution is -0.890. The van der Waals surface area contributed by atoms with E-state index >= 15 is 0 Å². The van der Waals surface area contributed by atoms with Crippen molar-refractivity contribution in [3.8, 4) is 0 Å². The molecule has 1 aliphatic rings. The van der Waals surface area contributed by atoms with Gasteiger partial charge in [0.2, 0.25) is 0 Å². The minimum atomic E-state index is -2.71. The van der Waals surface area contributed by atoms with Crippen molar-refractivity contribution < 1.29 is 17.8 Å². The third-order valence-corrected chi connectivity index (χ3v) is 8.52. The third-order valence-electron chi connectivity index (χ3n) is 5.09. The maximum Gasteiger partial charge on any atom is 0.559 e. The van der Waals surface area contributed by atoms with E-state index in [1.54, 1.807) is 0 Å². The van der Waals surface area contributed by atoms with Crippen molar-refractivity contribution in [2.45, 2.75) is 92.0 Å². The van der Waals surface area contributed by atoms with Crippen molar-refractivity contribution in [1.82, 2.24) is 0 Å². The monoisotopic (exact) mass is 346 g/mol. The van der Waals surface area contributed by atoms with Crippen LogP contribution in [-0.2, 0) is 13.3 Å². The number of hydrogen-bond acceptors (Lipinski definition) is 3. The Morgan fingerprint density at radius 3 is 1.43 bits per heavy atom. The number of rotatable bonds is 11. The Bertz CT molecular complexity index is 303. The van der Waals surface area contributed by atoms with E-state index in [0.29, 0.717) is 0 Å². The lowest BCUT2D eigenvalue weighted by Gasteiger charge is -2.41. The van der Waals surface area contributed by atoms with Gasteiger partial charge in [0, 0.05) is 31.2 Å². The Kier molecular flexibility index (Phi) is 8.73. The van der Waals surface area contributed by atoms with E-state index in [9.17, 15) is 0 Å². The standard InChI is InChI=1S/C18H40NO3Si/c1-8-16(4)20-23(21-17(5)9-2,22-18(6)10-3)15-19(7)13-11-12-14-19/h16-18H,8-15H2,1-7H3/q+1. The molecule has 0 saturated carbocycles. The summed E-state index contributed by atoms with van der Waals surface area (Å²) in [5.74, 6) is 0. The minimum absolute atomic E-state index is 0.184. The molecule has 4 nitrogen and oxygen atoms in total. The Morgan fingerprint density at radius 1 is 0.783 bits per heavy atom. The van der Waals surface area contributed by atoms with Crippen LogP contribution in [0.25, 0.3) is 0 Å². The molecule has 23 heavy (non-hydrogen) atoms. The molecule has 0 spiro atoms. The molecular weight excluding hydrogens is 306 g/mol. The molecule has 0 aromatic carbocycles. The summed E-state index contributed by atoms with van der Waals surface area (Å²) in [4.78, 5) is 0. The molecule has 0 bridgehead atoms. The van der Waals surface area contributed by atoms with Crippen LogP contribution in [-0.4, -0.2) is 57.9 Å². The quantitative estimate of drug-likeness (QED) is 0.415. The summed E-state index contributed by atoms with van der Waals surface area (Å²) in [5, 5.41) is 0. The van der Waals surface area contributed by atoms with Crippen LogP contribution in [0.1, 0.15) is 73.6 Å². The van der Waals surface area contributed by atoms with Crippen LogP contribution < -0.4 is 0 Å². The van der Waals surface area contributed by atoms with Crippen LogP contribution in [0.5, 0.6) is 0 Å². The molecule has 0 aromatic heterocycles. The fourth-order valence-electron chi connectivity index (χ4n) is 3.09. The highest BCUT2D eigenvalue weighted by Gasteiger charge is 2.52. The van der Waals surface area contributed by atoms with E-state index in [4.69, 9.17) is 13.3 Å². The Balaban J connectivity index is 3.03. The zero-order valence-corrected chi connectivity index (χ0v) is 17.6. The fraction of sp³-hybridized carbons (Fsp3) is 1.00. The van der Waals surface area contributed by atoms with Crippen LogP contribution in [0, 0.1) is 0 Å². The first-order valence-electron chi connectivity index (χ1n) is 9.65. The fourth-order valence-corrected chi connectivity index (χ4v) is 7.07. The van der Waals surface area contributed by atoms with Gasteiger partial charge in [0.05, 0.1) is 20.1 Å². The van der Waals surface area contributed by atoms with Crippen LogP contribution in [0.15, 0.2) is 0 Å². The molecule has 5 heteroatoms. The van der Waals surface area contributed by atoms with Crippen molar-refractivity contribution >= 4 is 8.80 Å². The Morgan fingerprint density at radius 2 is 1.13 bits per heavy atom. The van der Waals surface area contributed by atoms with Crippen molar-refractivity contribution in [3.63, 3.8) is 0 Å². The molecule has 3 atom stereocenters. The molecule has 0 radical (unpaired) electrons. The largest absolute Gasteiger partial charge is 0.559 e. The van der Waals surface area contributed by atoms with Crippen LogP contribution in [0.4, 0.5) is 0 Å². The van der Waals surface area contributed by atoms with E-state index in [0.717, 1.165) is 29.9 Å². The first kappa shape index (κ1) is 21.1. The van der Waals surface area contributed by atoms with E-state index in [1.807, 2.05) is 0 Å². The smallest absolute Gasteiger partial charge is 0.367 e. The van der Waals surface area contributed by atoms with Crippen molar-refractivity contribution in [1.29, 1.82) is 0 Å². The topological polar surface area (TPSA) is 27.7 Å². The average Bonchev–Trinajstić information content (AvgIpc) is 2.92. The predicted molar refractivity (Wildman–Crippen MR) is 98.3 cm³/mol. The minimum Gasteiger partial charge on any atom is -0.367 e. The zero-order valence-electron chi connectivity index (χ0n) is 16.6. The van der Waals surface area contributed by atoms with Gasteiger partial charge in [0.25, 0.3) is 0 Å². The summed E-state index contributed by atoms with van der Waals surface area (Å²) >= 11 is 0. The first-order valence-corrected chi connectivity index (χ1v) is 11.6. The second kappa shape index (κ2) is 9.52. The van der Waals surface area contributed by atoms with Gasteiger partial charge in [-0.2, -0.15) is 0 Å². The summed E-state index contributed by atoms with van der Waals surface area (Å²) in [5.41, 5.74) is 0. The summed E-state index contributed by atoms with van der Waals surface area (Å²) < 4.78 is 20.7. The van der Waals surface area contributed by atoms with Crippen LogP contribution in [0.2, 0.25) is 0 Å². The van der Waals surface area contributed by atoms with E-state index in [2.05, 4.69) is 48.6 Å². The summed E-state index contributed by atoms with van der Waals surface area (Å²) in [6, 6.07) is 0. The maximum atomic E-state index is 6.54. The van der Waals surface area contributed by atoms with Gasteiger partial charge < -0.3 is 17.8 Å². The molecule has 138 valence electrons. The number of nitrogens with zero attached hydrogens (tertiary/aromatic N) is 1. The molecule has 0 amide bonds. The highest BCUT2D eigenvalue weighted by molar-refractivity contribution is 6.60. The van der Waals surface area contributed by atoms with E-state index in [-0.39, 0.29) is 18.3 Å². The molecule has 1 saturated heterocycles.